The van der Waals surface area contributed by atoms with Gasteiger partial charge in [-0.1, -0.05) is 23.7 Å². The van der Waals surface area contributed by atoms with Crippen molar-refractivity contribution in [1.82, 2.24) is 9.88 Å². The Hall–Kier alpha value is -4.04. The first-order valence-corrected chi connectivity index (χ1v) is 12.0. The lowest BCUT2D eigenvalue weighted by Crippen LogP contribution is -2.58. The van der Waals surface area contributed by atoms with Gasteiger partial charge in [-0.2, -0.15) is 0 Å². The molecule has 0 spiro atoms. The molecule has 37 heavy (non-hydrogen) atoms. The minimum atomic E-state index is -2.80. The first kappa shape index (κ1) is 24.6. The number of anilines is 1. The topological polar surface area (TPSA) is 89.4 Å². The van der Waals surface area contributed by atoms with Crippen molar-refractivity contribution in [2.75, 3.05) is 18.8 Å². The maximum atomic E-state index is 13.1. The van der Waals surface area contributed by atoms with Gasteiger partial charge in [-0.3, -0.25) is 9.59 Å². The molecular weight excluding hydrogens is 500 g/mol. The van der Waals surface area contributed by atoms with E-state index in [-0.39, 0.29) is 12.2 Å². The lowest BCUT2D eigenvalue weighted by atomic mass is 10.0. The summed E-state index contributed by atoms with van der Waals surface area (Å²) in [5.74, 6) is -2.22. The largest absolute Gasteiger partial charge is 0.459 e. The smallest absolute Gasteiger partial charge is 0.282 e. The number of hydrogen-bond donors (Lipinski definition) is 1. The molecular formula is C28H22ClF2N3O3. The lowest BCUT2D eigenvalue weighted by Gasteiger charge is -2.38. The van der Waals surface area contributed by atoms with Gasteiger partial charge in [0.25, 0.3) is 11.8 Å². The van der Waals surface area contributed by atoms with Gasteiger partial charge in [-0.05, 0) is 71.3 Å². The summed E-state index contributed by atoms with van der Waals surface area (Å²) in [5.41, 5.74) is 8.86. The molecule has 0 unspecified atom stereocenters. The third kappa shape index (κ3) is 5.54. The van der Waals surface area contributed by atoms with Crippen LogP contribution in [0.3, 0.4) is 0 Å². The Bertz CT molecular complexity index is 1500. The van der Waals surface area contributed by atoms with Crippen molar-refractivity contribution < 1.29 is 22.8 Å². The van der Waals surface area contributed by atoms with Crippen molar-refractivity contribution in [3.63, 3.8) is 0 Å². The minimum Gasteiger partial charge on any atom is -0.459 e. The van der Waals surface area contributed by atoms with E-state index in [0.717, 1.165) is 27.0 Å². The van der Waals surface area contributed by atoms with E-state index in [9.17, 15) is 18.4 Å². The van der Waals surface area contributed by atoms with Crippen LogP contribution in [0, 0.1) is 0 Å². The van der Waals surface area contributed by atoms with Crippen LogP contribution >= 0.6 is 11.6 Å². The molecule has 2 aromatic carbocycles. The highest BCUT2D eigenvalue weighted by Crippen LogP contribution is 2.34. The second kappa shape index (κ2) is 9.78. The predicted molar refractivity (Wildman–Crippen MR) is 139 cm³/mol. The number of benzene rings is 2. The Morgan fingerprint density at radius 3 is 2.51 bits per heavy atom. The maximum absolute atomic E-state index is 13.1. The Morgan fingerprint density at radius 2 is 1.84 bits per heavy atom. The van der Waals surface area contributed by atoms with Gasteiger partial charge < -0.3 is 15.1 Å². The zero-order chi connectivity index (χ0) is 26.2. The number of nitrogens with two attached hydrogens (primary N) is 1. The Kier molecular flexibility index (Phi) is 6.52. The van der Waals surface area contributed by atoms with Gasteiger partial charge in [0, 0.05) is 30.0 Å². The van der Waals surface area contributed by atoms with Crippen molar-refractivity contribution in [2.45, 2.75) is 18.8 Å². The Labute approximate surface area is 216 Å². The maximum Gasteiger partial charge on any atom is 0.282 e. The zero-order valence-electron chi connectivity index (χ0n) is 19.6. The van der Waals surface area contributed by atoms with Crippen LogP contribution in [0.4, 0.5) is 14.6 Å². The highest BCUT2D eigenvalue weighted by Gasteiger charge is 2.46. The normalized spacial score (nSPS) is 14.7. The molecule has 2 aromatic heterocycles. The second-order valence-electron chi connectivity index (χ2n) is 9.00. The number of nitrogens with zero attached hydrogens (tertiary/aromatic N) is 2. The first-order valence-electron chi connectivity index (χ1n) is 11.6. The van der Waals surface area contributed by atoms with E-state index < -0.39 is 24.9 Å². The summed E-state index contributed by atoms with van der Waals surface area (Å²) in [4.78, 5) is 29.8. The Balaban J connectivity index is 1.25. The molecule has 0 aliphatic carbocycles. The molecule has 188 valence electrons. The van der Waals surface area contributed by atoms with Crippen LogP contribution in [0.5, 0.6) is 0 Å². The summed E-state index contributed by atoms with van der Waals surface area (Å²) < 4.78 is 32.0. The van der Waals surface area contributed by atoms with E-state index >= 15 is 0 Å². The first-order chi connectivity index (χ1) is 17.7. The summed E-state index contributed by atoms with van der Waals surface area (Å²) >= 11 is 6.47. The van der Waals surface area contributed by atoms with Crippen LogP contribution < -0.4 is 5.73 Å². The highest BCUT2D eigenvalue weighted by molar-refractivity contribution is 6.35. The number of amides is 1. The summed E-state index contributed by atoms with van der Waals surface area (Å²) in [6.45, 7) is -1.10. The third-order valence-electron chi connectivity index (χ3n) is 6.11. The van der Waals surface area contributed by atoms with Gasteiger partial charge in [-0.15, -0.1) is 0 Å². The predicted octanol–water partition coefficient (Wildman–Crippen LogP) is 6.04. The average Bonchev–Trinajstić information content (AvgIpc) is 3.29. The molecule has 3 heterocycles. The molecule has 1 fully saturated rings. The average molecular weight is 522 g/mol. The van der Waals surface area contributed by atoms with Gasteiger partial charge >= 0.3 is 0 Å². The quantitative estimate of drug-likeness (QED) is 0.300. The van der Waals surface area contributed by atoms with Crippen LogP contribution in [-0.2, 0) is 11.2 Å². The molecule has 0 bridgehead atoms. The standard InChI is InChI=1S/C28H22ClF2N3O3/c29-24-13-20(18-3-5-19(6-4-18)27(36)34-15-28(30,31)16-34)11-21-12-23(37-26(21)24)9-8-22(35)7-1-17-2-10-25(32)33-14-17/h1-7,10-14H,8-9,15-16H2,(H2,32,33)/b7-1+. The SMILES string of the molecule is Nc1ccc(/C=C/C(=O)CCc2cc3cc(-c4ccc(C(=O)N5CC(F)(F)C5)cc4)cc(Cl)c3o2)cn1. The number of carbonyl (C=O) groups is 2. The van der Waals surface area contributed by atoms with Crippen LogP contribution in [0.15, 0.2) is 71.3 Å². The summed E-state index contributed by atoms with van der Waals surface area (Å²) in [7, 11) is 0. The van der Waals surface area contributed by atoms with E-state index in [1.54, 1.807) is 54.7 Å². The lowest BCUT2D eigenvalue weighted by molar-refractivity contribution is -0.114. The number of carbonyl (C=O) groups excluding carboxylic acids is 2. The fraction of sp³-hybridized carbons (Fsp3) is 0.179. The van der Waals surface area contributed by atoms with Crippen molar-refractivity contribution in [1.29, 1.82) is 0 Å². The molecule has 0 saturated carbocycles. The monoisotopic (exact) mass is 521 g/mol. The number of aromatic nitrogens is 1. The summed E-state index contributed by atoms with van der Waals surface area (Å²) in [5, 5.41) is 1.21. The van der Waals surface area contributed by atoms with Gasteiger partial charge in [0.1, 0.15) is 11.6 Å². The molecule has 0 radical (unpaired) electrons. The number of fused-ring (bicyclic) bond motifs is 1. The van der Waals surface area contributed by atoms with Gasteiger partial charge in [0.2, 0.25) is 0 Å². The van der Waals surface area contributed by atoms with Gasteiger partial charge in [0.05, 0.1) is 18.1 Å². The molecule has 1 aliphatic heterocycles. The summed E-state index contributed by atoms with van der Waals surface area (Å²) in [6.07, 6.45) is 5.46. The van der Waals surface area contributed by atoms with Crippen molar-refractivity contribution in [3.05, 3.63) is 88.8 Å². The number of ketones is 1. The van der Waals surface area contributed by atoms with Crippen molar-refractivity contribution >= 4 is 46.2 Å². The minimum absolute atomic E-state index is 0.0550. The Morgan fingerprint density at radius 1 is 1.08 bits per heavy atom. The van der Waals surface area contributed by atoms with E-state index in [4.69, 9.17) is 21.8 Å². The van der Waals surface area contributed by atoms with Crippen LogP contribution in [0.2, 0.25) is 5.02 Å². The number of aryl methyl sites for hydroxylation is 1. The fourth-order valence-electron chi connectivity index (χ4n) is 4.13. The van der Waals surface area contributed by atoms with E-state index in [2.05, 4.69) is 4.98 Å². The number of rotatable bonds is 7. The molecule has 0 atom stereocenters. The van der Waals surface area contributed by atoms with E-state index in [1.165, 1.54) is 6.08 Å². The van der Waals surface area contributed by atoms with Crippen molar-refractivity contribution in [3.8, 4) is 11.1 Å². The third-order valence-corrected chi connectivity index (χ3v) is 6.39. The summed E-state index contributed by atoms with van der Waals surface area (Å²) in [6, 6.07) is 15.7. The number of pyridine rings is 1. The number of likely N-dealkylation sites (tertiary alicyclic amines) is 1. The number of halogens is 3. The van der Waals surface area contributed by atoms with E-state index in [1.807, 2.05) is 12.1 Å². The molecule has 1 amide bonds. The molecule has 1 aliphatic rings. The molecule has 5 rings (SSSR count). The van der Waals surface area contributed by atoms with Crippen LogP contribution in [0.25, 0.3) is 28.2 Å². The molecule has 4 aromatic rings. The number of allylic oxidation sites excluding steroid dienone is 1. The zero-order valence-corrected chi connectivity index (χ0v) is 20.3. The molecule has 6 nitrogen and oxygen atoms in total. The highest BCUT2D eigenvalue weighted by atomic mass is 35.5. The number of alkyl halides is 2. The number of hydrogen-bond acceptors (Lipinski definition) is 5. The molecule has 9 heteroatoms. The van der Waals surface area contributed by atoms with Gasteiger partial charge in [-0.25, -0.2) is 13.8 Å². The van der Waals surface area contributed by atoms with Crippen LogP contribution in [0.1, 0.15) is 28.1 Å². The second-order valence-corrected chi connectivity index (χ2v) is 9.41. The van der Waals surface area contributed by atoms with E-state index in [0.29, 0.717) is 34.2 Å². The van der Waals surface area contributed by atoms with Gasteiger partial charge in [0.15, 0.2) is 11.4 Å². The number of furan rings is 1. The molecule has 2 N–H and O–H groups in total. The fourth-order valence-corrected chi connectivity index (χ4v) is 4.40. The number of nitrogen functional groups attached to an aromatic ring is 1. The molecule has 1 saturated heterocycles. The van der Waals surface area contributed by atoms with Crippen LogP contribution in [-0.4, -0.2) is 40.6 Å². The van der Waals surface area contributed by atoms with Crippen molar-refractivity contribution in [2.24, 2.45) is 0 Å².